The van der Waals surface area contributed by atoms with Crippen LogP contribution in [0.4, 0.5) is 5.69 Å². The number of rotatable bonds is 5. The van der Waals surface area contributed by atoms with Crippen molar-refractivity contribution >= 4 is 28.6 Å². The Morgan fingerprint density at radius 1 is 1.42 bits per heavy atom. The number of thiophene rings is 1. The molecule has 6 heteroatoms. The highest BCUT2D eigenvalue weighted by atomic mass is 35.5. The average Bonchev–Trinajstić information content (AvgIpc) is 2.83. The molecule has 1 N–H and O–H groups in total. The minimum atomic E-state index is -0.396. The predicted molar refractivity (Wildman–Crippen MR) is 77.7 cm³/mol. The van der Waals surface area contributed by atoms with Crippen LogP contribution in [0.3, 0.4) is 0 Å². The number of nitro benzene ring substituents is 1. The molecule has 0 amide bonds. The maximum Gasteiger partial charge on any atom is 0.269 e. The molecule has 1 aromatic carbocycles. The Morgan fingerprint density at radius 3 is 2.63 bits per heavy atom. The Labute approximate surface area is 120 Å². The molecule has 2 aromatic rings. The van der Waals surface area contributed by atoms with E-state index in [4.69, 9.17) is 11.6 Å². The zero-order chi connectivity index (χ0) is 13.8. The molecule has 0 aliphatic carbocycles. The van der Waals surface area contributed by atoms with Crippen molar-refractivity contribution < 1.29 is 4.92 Å². The maximum absolute atomic E-state index is 10.5. The first-order valence-electron chi connectivity index (χ1n) is 5.77. The summed E-state index contributed by atoms with van der Waals surface area (Å²) in [6, 6.07) is 8.70. The first-order chi connectivity index (χ1) is 9.06. The summed E-state index contributed by atoms with van der Waals surface area (Å²) in [5.41, 5.74) is 2.28. The van der Waals surface area contributed by atoms with Crippen LogP contribution in [-0.2, 0) is 6.54 Å². The van der Waals surface area contributed by atoms with Crippen molar-refractivity contribution in [3.05, 3.63) is 61.3 Å². The Hall–Kier alpha value is -1.43. The van der Waals surface area contributed by atoms with E-state index >= 15 is 0 Å². The van der Waals surface area contributed by atoms with Crippen LogP contribution in [0.25, 0.3) is 0 Å². The highest BCUT2D eigenvalue weighted by molar-refractivity contribution is 7.14. The van der Waals surface area contributed by atoms with Gasteiger partial charge in [0.1, 0.15) is 0 Å². The van der Waals surface area contributed by atoms with Crippen LogP contribution < -0.4 is 5.32 Å². The molecular weight excluding hydrogens is 284 g/mol. The van der Waals surface area contributed by atoms with Crippen LogP contribution in [0, 0.1) is 10.1 Å². The number of nitrogens with zero attached hydrogens (tertiary/aromatic N) is 1. The summed E-state index contributed by atoms with van der Waals surface area (Å²) in [6.45, 7) is 2.72. The van der Waals surface area contributed by atoms with Crippen LogP contribution in [-0.4, -0.2) is 4.92 Å². The molecule has 1 aromatic heterocycles. The summed E-state index contributed by atoms with van der Waals surface area (Å²) in [7, 11) is 0. The van der Waals surface area contributed by atoms with Gasteiger partial charge in [0.15, 0.2) is 0 Å². The highest BCUT2D eigenvalue weighted by Crippen LogP contribution is 2.24. The molecule has 1 unspecified atom stereocenters. The molecule has 1 heterocycles. The average molecular weight is 297 g/mol. The third kappa shape index (κ3) is 3.76. The fourth-order valence-corrected chi connectivity index (χ4v) is 2.66. The van der Waals surface area contributed by atoms with Crippen molar-refractivity contribution in [1.29, 1.82) is 0 Å². The lowest BCUT2D eigenvalue weighted by Crippen LogP contribution is -2.17. The molecule has 19 heavy (non-hydrogen) atoms. The van der Waals surface area contributed by atoms with Crippen molar-refractivity contribution in [2.75, 3.05) is 0 Å². The summed E-state index contributed by atoms with van der Waals surface area (Å²) in [5, 5.41) is 15.9. The molecule has 0 saturated heterocycles. The monoisotopic (exact) mass is 296 g/mol. The van der Waals surface area contributed by atoms with Gasteiger partial charge in [-0.25, -0.2) is 0 Å². The standard InChI is InChI=1S/C13H13ClN2O2S/c1-9(11-6-13(14)19-8-11)15-7-10-2-4-12(5-3-10)16(17)18/h2-6,8-9,15H,7H2,1H3. The Kier molecular flexibility index (Phi) is 4.52. The molecule has 2 rings (SSSR count). The third-order valence-corrected chi connectivity index (χ3v) is 3.96. The molecule has 4 nitrogen and oxygen atoms in total. The van der Waals surface area contributed by atoms with Gasteiger partial charge in [0, 0.05) is 24.7 Å². The van der Waals surface area contributed by atoms with Crippen LogP contribution in [0.15, 0.2) is 35.7 Å². The molecule has 0 bridgehead atoms. The van der Waals surface area contributed by atoms with E-state index in [-0.39, 0.29) is 11.7 Å². The first-order valence-corrected chi connectivity index (χ1v) is 7.02. The van der Waals surface area contributed by atoms with E-state index in [1.165, 1.54) is 23.5 Å². The molecule has 0 saturated carbocycles. The number of benzene rings is 1. The zero-order valence-corrected chi connectivity index (χ0v) is 11.9. The number of halogens is 1. The van der Waals surface area contributed by atoms with Gasteiger partial charge < -0.3 is 5.32 Å². The smallest absolute Gasteiger partial charge is 0.269 e. The van der Waals surface area contributed by atoms with Gasteiger partial charge >= 0.3 is 0 Å². The van der Waals surface area contributed by atoms with Crippen LogP contribution in [0.5, 0.6) is 0 Å². The van der Waals surface area contributed by atoms with Crippen molar-refractivity contribution in [3.8, 4) is 0 Å². The largest absolute Gasteiger partial charge is 0.306 e. The number of hydrogen-bond acceptors (Lipinski definition) is 4. The molecule has 0 aliphatic heterocycles. The van der Waals surface area contributed by atoms with Crippen molar-refractivity contribution in [1.82, 2.24) is 5.32 Å². The van der Waals surface area contributed by atoms with E-state index in [0.29, 0.717) is 6.54 Å². The second-order valence-electron chi connectivity index (χ2n) is 4.21. The first kappa shape index (κ1) is 14.0. The minimum Gasteiger partial charge on any atom is -0.306 e. The Balaban J connectivity index is 1.93. The normalized spacial score (nSPS) is 12.3. The fraction of sp³-hybridized carbons (Fsp3) is 0.231. The summed E-state index contributed by atoms with van der Waals surface area (Å²) in [5.74, 6) is 0. The van der Waals surface area contributed by atoms with Crippen molar-refractivity contribution in [2.45, 2.75) is 19.5 Å². The van der Waals surface area contributed by atoms with Gasteiger partial charge in [-0.15, -0.1) is 11.3 Å². The number of nitrogens with one attached hydrogen (secondary N) is 1. The van der Waals surface area contributed by atoms with E-state index in [9.17, 15) is 10.1 Å². The lowest BCUT2D eigenvalue weighted by atomic mass is 10.1. The van der Waals surface area contributed by atoms with Crippen LogP contribution in [0.2, 0.25) is 4.34 Å². The topological polar surface area (TPSA) is 55.2 Å². The fourth-order valence-electron chi connectivity index (χ4n) is 1.67. The molecule has 0 fully saturated rings. The summed E-state index contributed by atoms with van der Waals surface area (Å²) in [4.78, 5) is 10.1. The van der Waals surface area contributed by atoms with E-state index in [2.05, 4.69) is 12.2 Å². The van der Waals surface area contributed by atoms with Gasteiger partial charge in [0.05, 0.1) is 9.26 Å². The van der Waals surface area contributed by atoms with Gasteiger partial charge in [-0.1, -0.05) is 23.7 Å². The molecule has 100 valence electrons. The van der Waals surface area contributed by atoms with E-state index in [1.54, 1.807) is 12.1 Å². The van der Waals surface area contributed by atoms with E-state index < -0.39 is 4.92 Å². The number of non-ortho nitro benzene ring substituents is 1. The maximum atomic E-state index is 10.5. The number of hydrogen-bond donors (Lipinski definition) is 1. The number of nitro groups is 1. The predicted octanol–water partition coefficient (Wildman–Crippen LogP) is 4.16. The highest BCUT2D eigenvalue weighted by Gasteiger charge is 2.08. The summed E-state index contributed by atoms with van der Waals surface area (Å²) >= 11 is 7.41. The minimum absolute atomic E-state index is 0.112. The SMILES string of the molecule is CC(NCc1ccc([N+](=O)[O-])cc1)c1csc(Cl)c1. The quantitative estimate of drug-likeness (QED) is 0.666. The van der Waals surface area contributed by atoms with E-state index in [1.807, 2.05) is 11.4 Å². The molecule has 0 radical (unpaired) electrons. The summed E-state index contributed by atoms with van der Waals surface area (Å²) < 4.78 is 0.777. The van der Waals surface area contributed by atoms with Gasteiger partial charge in [-0.3, -0.25) is 10.1 Å². The second kappa shape index (κ2) is 6.14. The van der Waals surface area contributed by atoms with Gasteiger partial charge in [0.25, 0.3) is 5.69 Å². The lowest BCUT2D eigenvalue weighted by molar-refractivity contribution is -0.384. The molecule has 0 spiro atoms. The third-order valence-electron chi connectivity index (χ3n) is 2.85. The van der Waals surface area contributed by atoms with Crippen LogP contribution >= 0.6 is 22.9 Å². The van der Waals surface area contributed by atoms with Crippen molar-refractivity contribution in [3.63, 3.8) is 0 Å². The van der Waals surface area contributed by atoms with Gasteiger partial charge in [-0.05, 0) is 29.5 Å². The molecule has 0 aliphatic rings. The van der Waals surface area contributed by atoms with E-state index in [0.717, 1.165) is 15.5 Å². The van der Waals surface area contributed by atoms with Crippen molar-refractivity contribution in [2.24, 2.45) is 0 Å². The molecular formula is C13H13ClN2O2S. The van der Waals surface area contributed by atoms with Crippen LogP contribution in [0.1, 0.15) is 24.1 Å². The van der Waals surface area contributed by atoms with Gasteiger partial charge in [0.2, 0.25) is 0 Å². The second-order valence-corrected chi connectivity index (χ2v) is 5.75. The van der Waals surface area contributed by atoms with Gasteiger partial charge in [-0.2, -0.15) is 0 Å². The Bertz CT molecular complexity index is 568. The lowest BCUT2D eigenvalue weighted by Gasteiger charge is -2.12. The Morgan fingerprint density at radius 2 is 2.11 bits per heavy atom. The molecule has 1 atom stereocenters. The zero-order valence-electron chi connectivity index (χ0n) is 10.3. The summed E-state index contributed by atoms with van der Waals surface area (Å²) in [6.07, 6.45) is 0.